The van der Waals surface area contributed by atoms with Crippen LogP contribution in [0.15, 0.2) is 24.3 Å². The second kappa shape index (κ2) is 6.04. The average molecular weight is 257 g/mol. The van der Waals surface area contributed by atoms with Crippen molar-refractivity contribution in [2.24, 2.45) is 0 Å². The van der Waals surface area contributed by atoms with Crippen LogP contribution in [-0.4, -0.2) is 18.2 Å². The number of anilines is 1. The van der Waals surface area contributed by atoms with E-state index in [1.165, 1.54) is 12.1 Å². The quantitative estimate of drug-likeness (QED) is 0.461. The van der Waals surface area contributed by atoms with Gasteiger partial charge in [-0.1, -0.05) is 6.07 Å². The normalized spacial score (nSPS) is 10.3. The van der Waals surface area contributed by atoms with Gasteiger partial charge in [0.2, 0.25) is 0 Å². The Bertz CT molecular complexity index is 462. The molecule has 0 fully saturated rings. The summed E-state index contributed by atoms with van der Waals surface area (Å²) in [5.41, 5.74) is -0.0885. The second-order valence-corrected chi connectivity index (χ2v) is 3.66. The first-order valence-electron chi connectivity index (χ1n) is 3.42. The number of carbonyl (C=O) groups excluding carboxylic acids is 1. The fraction of sp³-hybridized carbons (Fsp3) is 0. The fourth-order valence-corrected chi connectivity index (χ4v) is 0.989. The molecule has 0 heterocycles. The molecule has 0 unspecified atom stereocenters. The van der Waals surface area contributed by atoms with Gasteiger partial charge in [-0.3, -0.25) is 4.79 Å². The number of amides is 1. The number of carbonyl (C=O) groups is 1. The van der Waals surface area contributed by atoms with E-state index in [4.69, 9.17) is 0 Å². The van der Waals surface area contributed by atoms with Gasteiger partial charge in [-0.15, -0.1) is 0 Å². The number of hydrogen-bond donors (Lipinski definition) is 1. The van der Waals surface area contributed by atoms with Gasteiger partial charge in [0.05, 0.1) is 0 Å². The molecule has 1 aromatic carbocycles. The molecule has 15 heavy (non-hydrogen) atoms. The SMILES string of the molecule is O=C(Nc1cccc(F)c1)S(=O)(=O)[O-].[K+]. The van der Waals surface area contributed by atoms with Gasteiger partial charge in [-0.25, -0.2) is 12.8 Å². The van der Waals surface area contributed by atoms with Crippen molar-refractivity contribution in [1.82, 2.24) is 0 Å². The van der Waals surface area contributed by atoms with Crippen molar-refractivity contribution in [1.29, 1.82) is 0 Å². The Balaban J connectivity index is 0.00000196. The molecule has 0 aliphatic rings. The minimum Gasteiger partial charge on any atom is -0.740 e. The van der Waals surface area contributed by atoms with E-state index in [0.29, 0.717) is 0 Å². The zero-order valence-corrected chi connectivity index (χ0v) is 11.7. The van der Waals surface area contributed by atoms with E-state index in [-0.39, 0.29) is 57.1 Å². The summed E-state index contributed by atoms with van der Waals surface area (Å²) in [6, 6.07) is 4.53. The summed E-state index contributed by atoms with van der Waals surface area (Å²) in [6.07, 6.45) is 0. The van der Waals surface area contributed by atoms with Gasteiger partial charge in [0, 0.05) is 5.69 Å². The van der Waals surface area contributed by atoms with Crippen molar-refractivity contribution in [3.63, 3.8) is 0 Å². The van der Waals surface area contributed by atoms with Gasteiger partial charge in [-0.2, -0.15) is 0 Å². The predicted molar refractivity (Wildman–Crippen MR) is 45.1 cm³/mol. The van der Waals surface area contributed by atoms with Crippen molar-refractivity contribution in [2.75, 3.05) is 5.32 Å². The van der Waals surface area contributed by atoms with Crippen LogP contribution in [0.3, 0.4) is 0 Å². The maximum Gasteiger partial charge on any atom is 1.00 e. The summed E-state index contributed by atoms with van der Waals surface area (Å²) < 4.78 is 43.0. The fourth-order valence-electron chi connectivity index (χ4n) is 0.747. The molecule has 0 atom stereocenters. The molecule has 8 heteroatoms. The first kappa shape index (κ1) is 15.2. The van der Waals surface area contributed by atoms with E-state index in [1.54, 1.807) is 5.32 Å². The molecule has 0 bridgehead atoms. The van der Waals surface area contributed by atoms with E-state index in [9.17, 15) is 22.2 Å². The number of halogens is 1. The van der Waals surface area contributed by atoms with E-state index >= 15 is 0 Å². The summed E-state index contributed by atoms with van der Waals surface area (Å²) in [6.45, 7) is 0. The number of benzene rings is 1. The Morgan fingerprint density at radius 3 is 2.47 bits per heavy atom. The van der Waals surface area contributed by atoms with Gasteiger partial charge in [0.1, 0.15) is 5.82 Å². The maximum absolute atomic E-state index is 12.5. The minimum atomic E-state index is -5.04. The summed E-state index contributed by atoms with van der Waals surface area (Å²) in [5, 5.41) is 0.0378. The Morgan fingerprint density at radius 2 is 2.00 bits per heavy atom. The van der Waals surface area contributed by atoms with Gasteiger partial charge in [0.25, 0.3) is 0 Å². The largest absolute Gasteiger partial charge is 1.00 e. The predicted octanol–water partition coefficient (Wildman–Crippen LogP) is -2.09. The Hall–Kier alpha value is 0.166. The molecule has 1 N–H and O–H groups in total. The molecule has 0 saturated heterocycles. The molecule has 0 aliphatic heterocycles. The minimum absolute atomic E-state index is 0. The third-order valence-electron chi connectivity index (χ3n) is 1.30. The third-order valence-corrected chi connectivity index (χ3v) is 1.85. The van der Waals surface area contributed by atoms with Crippen molar-refractivity contribution < 1.29 is 73.5 Å². The topological polar surface area (TPSA) is 86.3 Å². The van der Waals surface area contributed by atoms with Crippen LogP contribution in [0.4, 0.5) is 14.9 Å². The first-order valence-corrected chi connectivity index (χ1v) is 4.83. The van der Waals surface area contributed by atoms with Crippen LogP contribution in [-0.2, 0) is 10.1 Å². The smallest absolute Gasteiger partial charge is 0.740 e. The van der Waals surface area contributed by atoms with Crippen LogP contribution >= 0.6 is 0 Å². The molecule has 5 nitrogen and oxygen atoms in total. The van der Waals surface area contributed by atoms with Crippen molar-refractivity contribution in [2.45, 2.75) is 0 Å². The molecule has 0 aliphatic carbocycles. The van der Waals surface area contributed by atoms with Crippen LogP contribution in [0.5, 0.6) is 0 Å². The summed E-state index contributed by atoms with van der Waals surface area (Å²) in [5.74, 6) is -0.647. The van der Waals surface area contributed by atoms with Gasteiger partial charge in [-0.05, 0) is 18.2 Å². The maximum atomic E-state index is 12.5. The summed E-state index contributed by atoms with van der Waals surface area (Å²) in [4.78, 5) is 10.6. The van der Waals surface area contributed by atoms with Gasteiger partial charge < -0.3 is 9.87 Å². The molecule has 0 saturated carbocycles. The van der Waals surface area contributed by atoms with Crippen LogP contribution in [0.25, 0.3) is 0 Å². The Kier molecular flexibility index (Phi) is 6.11. The van der Waals surface area contributed by atoms with E-state index in [0.717, 1.165) is 12.1 Å². The summed E-state index contributed by atoms with van der Waals surface area (Å²) >= 11 is 0. The first-order chi connectivity index (χ1) is 6.39. The molecule has 76 valence electrons. The van der Waals surface area contributed by atoms with Crippen LogP contribution in [0, 0.1) is 5.82 Å². The molecule has 0 spiro atoms. The number of rotatable bonds is 1. The van der Waals surface area contributed by atoms with Crippen molar-refractivity contribution in [3.8, 4) is 0 Å². The van der Waals surface area contributed by atoms with Gasteiger partial charge >= 0.3 is 56.6 Å². The molecule has 1 aromatic rings. The van der Waals surface area contributed by atoms with E-state index < -0.39 is 21.2 Å². The monoisotopic (exact) mass is 257 g/mol. The van der Waals surface area contributed by atoms with Crippen LogP contribution in [0.2, 0.25) is 0 Å². The molecule has 1 amide bonds. The van der Waals surface area contributed by atoms with Crippen LogP contribution in [0.1, 0.15) is 0 Å². The molecule has 1 rings (SSSR count). The second-order valence-electron chi connectivity index (χ2n) is 2.38. The van der Waals surface area contributed by atoms with E-state index in [1.807, 2.05) is 0 Å². The number of hydrogen-bond acceptors (Lipinski definition) is 4. The van der Waals surface area contributed by atoms with Crippen LogP contribution < -0.4 is 56.7 Å². The molecule has 0 radical (unpaired) electrons. The van der Waals surface area contributed by atoms with Crippen molar-refractivity contribution >= 4 is 21.0 Å². The zero-order chi connectivity index (χ0) is 10.8. The zero-order valence-electron chi connectivity index (χ0n) is 7.73. The molecular formula is C7H5FKNO4S. The van der Waals surface area contributed by atoms with Crippen molar-refractivity contribution in [3.05, 3.63) is 30.1 Å². The number of nitrogens with one attached hydrogen (secondary N) is 1. The Labute approximate surface area is 128 Å². The van der Waals surface area contributed by atoms with E-state index in [2.05, 4.69) is 0 Å². The van der Waals surface area contributed by atoms with Gasteiger partial charge in [0.15, 0.2) is 10.1 Å². The molecule has 0 aromatic heterocycles. The molecular weight excluding hydrogens is 252 g/mol. The average Bonchev–Trinajstić information content (AvgIpc) is 2.02. The summed E-state index contributed by atoms with van der Waals surface area (Å²) in [7, 11) is -5.04. The third kappa shape index (κ3) is 5.16. The standard InChI is InChI=1S/C7H6FNO4S.K/c8-5-2-1-3-6(4-5)9-7(10)14(11,12)13;/h1-4H,(H,9,10)(H,11,12,13);/q;+1/p-1. The Morgan fingerprint density at radius 1 is 1.40 bits per heavy atom.